The van der Waals surface area contributed by atoms with Gasteiger partial charge in [0.1, 0.15) is 5.82 Å². The Morgan fingerprint density at radius 3 is 2.26 bits per heavy atom. The third-order valence-corrected chi connectivity index (χ3v) is 5.22. The Hall–Kier alpha value is -3.19. The summed E-state index contributed by atoms with van der Waals surface area (Å²) >= 11 is 0. The first-order valence-corrected chi connectivity index (χ1v) is 9.59. The third-order valence-electron chi connectivity index (χ3n) is 3.82. The number of carbonyl (C=O) groups excluding carboxylic acids is 1. The lowest BCUT2D eigenvalue weighted by Gasteiger charge is -2.10. The maximum atomic E-state index is 13.8. The van der Waals surface area contributed by atoms with Crippen molar-refractivity contribution in [2.24, 2.45) is 0 Å². The van der Waals surface area contributed by atoms with Gasteiger partial charge in [0.15, 0.2) is 0 Å². The molecule has 0 aliphatic carbocycles. The number of hydrogen-bond donors (Lipinski definition) is 2. The topological polar surface area (TPSA) is 75.3 Å². The van der Waals surface area contributed by atoms with Gasteiger partial charge in [0.2, 0.25) is 0 Å². The van der Waals surface area contributed by atoms with E-state index in [1.54, 1.807) is 31.2 Å². The summed E-state index contributed by atoms with van der Waals surface area (Å²) in [5, 5.41) is 2.51. The van der Waals surface area contributed by atoms with Gasteiger partial charge in [-0.2, -0.15) is 0 Å². The molecule has 0 radical (unpaired) electrons. The molecule has 0 saturated heterocycles. The third kappa shape index (κ3) is 4.51. The van der Waals surface area contributed by atoms with Gasteiger partial charge in [0.25, 0.3) is 15.9 Å². The van der Waals surface area contributed by atoms with E-state index in [9.17, 15) is 17.6 Å². The predicted octanol–water partition coefficient (Wildman–Crippen LogP) is 4.19. The molecule has 5 nitrogen and oxygen atoms in total. The molecule has 138 valence electrons. The Labute approximate surface area is 156 Å². The molecule has 0 bridgehead atoms. The number of aryl methyl sites for hydroxylation is 1. The number of anilines is 2. The zero-order valence-electron chi connectivity index (χ0n) is 14.4. The number of amides is 1. The van der Waals surface area contributed by atoms with Crippen molar-refractivity contribution >= 4 is 27.3 Å². The lowest BCUT2D eigenvalue weighted by Crippen LogP contribution is -2.14. The molecule has 27 heavy (non-hydrogen) atoms. The zero-order valence-corrected chi connectivity index (χ0v) is 15.3. The summed E-state index contributed by atoms with van der Waals surface area (Å²) in [4.78, 5) is 12.4. The van der Waals surface area contributed by atoms with Crippen LogP contribution in [0.2, 0.25) is 0 Å². The van der Waals surface area contributed by atoms with Crippen molar-refractivity contribution < 1.29 is 17.6 Å². The monoisotopic (exact) mass is 384 g/mol. The van der Waals surface area contributed by atoms with Crippen LogP contribution in [0.15, 0.2) is 77.7 Å². The first-order valence-electron chi connectivity index (χ1n) is 8.10. The molecule has 7 heteroatoms. The van der Waals surface area contributed by atoms with Gasteiger partial charge >= 0.3 is 0 Å². The highest BCUT2D eigenvalue weighted by atomic mass is 32.2. The van der Waals surface area contributed by atoms with Crippen molar-refractivity contribution in [2.45, 2.75) is 11.8 Å². The minimum atomic E-state index is -3.71. The smallest absolute Gasteiger partial charge is 0.261 e. The van der Waals surface area contributed by atoms with E-state index < -0.39 is 21.7 Å². The molecule has 0 aromatic heterocycles. The van der Waals surface area contributed by atoms with Crippen molar-refractivity contribution in [3.05, 3.63) is 89.7 Å². The van der Waals surface area contributed by atoms with Gasteiger partial charge in [-0.15, -0.1) is 0 Å². The van der Waals surface area contributed by atoms with E-state index in [0.29, 0.717) is 5.69 Å². The van der Waals surface area contributed by atoms with E-state index in [-0.39, 0.29) is 16.1 Å². The van der Waals surface area contributed by atoms with Crippen LogP contribution in [-0.4, -0.2) is 14.3 Å². The number of nitrogens with one attached hydrogen (secondary N) is 2. The first-order chi connectivity index (χ1) is 12.8. The Kier molecular flexibility index (Phi) is 5.23. The number of rotatable bonds is 5. The van der Waals surface area contributed by atoms with Crippen LogP contribution in [0.4, 0.5) is 15.8 Å². The lowest BCUT2D eigenvalue weighted by atomic mass is 10.1. The first kappa shape index (κ1) is 18.6. The van der Waals surface area contributed by atoms with Crippen LogP contribution < -0.4 is 10.0 Å². The maximum Gasteiger partial charge on any atom is 0.261 e. The SMILES string of the molecule is Cc1ccc(F)c(NC(=O)c2ccc(NS(=O)(=O)c3ccccc3)cc2)c1. The second-order valence-corrected chi connectivity index (χ2v) is 7.62. The molecule has 0 fully saturated rings. The summed E-state index contributed by atoms with van der Waals surface area (Å²) in [6.07, 6.45) is 0. The van der Waals surface area contributed by atoms with Gasteiger partial charge in [-0.3, -0.25) is 9.52 Å². The zero-order chi connectivity index (χ0) is 19.4. The molecule has 3 rings (SSSR count). The lowest BCUT2D eigenvalue weighted by molar-refractivity contribution is 0.102. The molecule has 3 aromatic carbocycles. The normalized spacial score (nSPS) is 11.0. The standard InChI is InChI=1S/C20H17FN2O3S/c1-14-7-12-18(21)19(13-14)22-20(24)15-8-10-16(11-9-15)23-27(25,26)17-5-3-2-4-6-17/h2-13,23H,1H3,(H,22,24). The van der Waals surface area contributed by atoms with Crippen LogP contribution in [-0.2, 0) is 10.0 Å². The van der Waals surface area contributed by atoms with Crippen molar-refractivity contribution in [1.29, 1.82) is 0 Å². The van der Waals surface area contributed by atoms with Gasteiger partial charge in [-0.1, -0.05) is 24.3 Å². The fourth-order valence-corrected chi connectivity index (χ4v) is 3.51. The van der Waals surface area contributed by atoms with Gasteiger partial charge in [-0.25, -0.2) is 12.8 Å². The summed E-state index contributed by atoms with van der Waals surface area (Å²) in [5.74, 6) is -1.02. The van der Waals surface area contributed by atoms with Crippen LogP contribution >= 0.6 is 0 Å². The van der Waals surface area contributed by atoms with E-state index in [4.69, 9.17) is 0 Å². The van der Waals surface area contributed by atoms with Crippen molar-refractivity contribution in [1.82, 2.24) is 0 Å². The number of hydrogen-bond acceptors (Lipinski definition) is 3. The molecule has 0 spiro atoms. The highest BCUT2D eigenvalue weighted by Gasteiger charge is 2.14. The molecule has 3 aromatic rings. The van der Waals surface area contributed by atoms with Gasteiger partial charge in [-0.05, 0) is 61.0 Å². The highest BCUT2D eigenvalue weighted by Crippen LogP contribution is 2.19. The summed E-state index contributed by atoms with van der Waals surface area (Å²) in [6, 6.07) is 18.3. The van der Waals surface area contributed by atoms with Crippen LogP contribution in [0.3, 0.4) is 0 Å². The second-order valence-electron chi connectivity index (χ2n) is 5.93. The Morgan fingerprint density at radius 1 is 0.926 bits per heavy atom. The van der Waals surface area contributed by atoms with E-state index in [0.717, 1.165) is 5.56 Å². The quantitative estimate of drug-likeness (QED) is 0.693. The van der Waals surface area contributed by atoms with Crippen molar-refractivity contribution in [3.8, 4) is 0 Å². The van der Waals surface area contributed by atoms with Crippen molar-refractivity contribution in [2.75, 3.05) is 10.0 Å². The summed E-state index contributed by atoms with van der Waals surface area (Å²) in [6.45, 7) is 1.79. The number of benzene rings is 3. The minimum absolute atomic E-state index is 0.0915. The minimum Gasteiger partial charge on any atom is -0.319 e. The van der Waals surface area contributed by atoms with Crippen LogP contribution in [0.1, 0.15) is 15.9 Å². The van der Waals surface area contributed by atoms with Crippen molar-refractivity contribution in [3.63, 3.8) is 0 Å². The second kappa shape index (κ2) is 7.59. The van der Waals surface area contributed by atoms with Gasteiger partial charge < -0.3 is 5.32 Å². The largest absolute Gasteiger partial charge is 0.319 e. The Morgan fingerprint density at radius 2 is 1.59 bits per heavy atom. The predicted molar refractivity (Wildman–Crippen MR) is 103 cm³/mol. The highest BCUT2D eigenvalue weighted by molar-refractivity contribution is 7.92. The molecule has 0 aliphatic heterocycles. The van der Waals surface area contributed by atoms with Gasteiger partial charge in [0, 0.05) is 11.3 Å². The molecular formula is C20H17FN2O3S. The van der Waals surface area contributed by atoms with E-state index >= 15 is 0 Å². The average Bonchev–Trinajstić information content (AvgIpc) is 2.66. The Balaban J connectivity index is 1.73. The molecule has 0 atom stereocenters. The van der Waals surface area contributed by atoms with E-state index in [1.807, 2.05) is 0 Å². The summed E-state index contributed by atoms with van der Waals surface area (Å²) in [5.41, 5.74) is 1.50. The maximum absolute atomic E-state index is 13.8. The molecule has 1 amide bonds. The molecule has 0 heterocycles. The molecule has 0 aliphatic rings. The fraction of sp³-hybridized carbons (Fsp3) is 0.0500. The molecule has 0 saturated carbocycles. The Bertz CT molecular complexity index is 1070. The van der Waals surface area contributed by atoms with Crippen LogP contribution in [0.25, 0.3) is 0 Å². The van der Waals surface area contributed by atoms with Crippen LogP contribution in [0.5, 0.6) is 0 Å². The summed E-state index contributed by atoms with van der Waals surface area (Å²) < 4.78 is 40.8. The van der Waals surface area contributed by atoms with Crippen LogP contribution in [0, 0.1) is 12.7 Å². The number of halogens is 1. The fourth-order valence-electron chi connectivity index (χ4n) is 2.43. The average molecular weight is 384 g/mol. The summed E-state index contributed by atoms with van der Waals surface area (Å²) in [7, 11) is -3.71. The van der Waals surface area contributed by atoms with E-state index in [2.05, 4.69) is 10.0 Å². The van der Waals surface area contributed by atoms with Gasteiger partial charge in [0.05, 0.1) is 10.6 Å². The number of sulfonamides is 1. The molecule has 2 N–H and O–H groups in total. The molecule has 0 unspecified atom stereocenters. The molecular weight excluding hydrogens is 367 g/mol. The number of carbonyl (C=O) groups is 1. The van der Waals surface area contributed by atoms with E-state index in [1.165, 1.54) is 48.5 Å².